The molecule has 1 aliphatic heterocycles. The molecule has 0 amide bonds. The summed E-state index contributed by atoms with van der Waals surface area (Å²) in [6, 6.07) is 0. The molecule has 1 fully saturated rings. The molecule has 0 aliphatic carbocycles. The molecule has 1 saturated heterocycles. The summed E-state index contributed by atoms with van der Waals surface area (Å²) in [7, 11) is -7.19. The third-order valence-electron chi connectivity index (χ3n) is 2.67. The number of nitrogens with zero attached hydrogens (tertiary/aromatic N) is 1. The first-order valence-electron chi connectivity index (χ1n) is 6.27. The van der Waals surface area contributed by atoms with Crippen molar-refractivity contribution in [3.05, 3.63) is 0 Å². The largest absolute Gasteiger partial charge is 1.00 e. The molecule has 2 atom stereocenters. The Morgan fingerprint density at radius 3 is 2.50 bits per heavy atom. The van der Waals surface area contributed by atoms with Crippen molar-refractivity contribution in [2.45, 2.75) is 11.8 Å². The van der Waals surface area contributed by atoms with Gasteiger partial charge in [0.25, 0.3) is 10.1 Å². The molecule has 0 bridgehead atoms. The predicted molar refractivity (Wildman–Crippen MR) is 88.1 cm³/mol. The fourth-order valence-electron chi connectivity index (χ4n) is 1.72. The maximum atomic E-state index is 12.8. The van der Waals surface area contributed by atoms with Crippen molar-refractivity contribution in [1.29, 1.82) is 0 Å². The van der Waals surface area contributed by atoms with Crippen LogP contribution in [0.5, 0.6) is 0 Å². The van der Waals surface area contributed by atoms with E-state index in [-0.39, 0.29) is 37.2 Å². The van der Waals surface area contributed by atoms with Gasteiger partial charge < -0.3 is 5.95 Å². The Bertz CT molecular complexity index is 473. The first-order valence-corrected chi connectivity index (χ1v) is 11.6. The van der Waals surface area contributed by atoms with Crippen molar-refractivity contribution in [3.63, 3.8) is 0 Å². The van der Waals surface area contributed by atoms with Gasteiger partial charge in [-0.15, -0.1) is 35.0 Å². The molecule has 1 heterocycles. The van der Waals surface area contributed by atoms with E-state index in [1.165, 1.54) is 11.8 Å². The Morgan fingerprint density at radius 1 is 1.41 bits per heavy atom. The Hall–Kier alpha value is 1.55. The van der Waals surface area contributed by atoms with Gasteiger partial charge in [-0.3, -0.25) is 9.12 Å². The van der Waals surface area contributed by atoms with Gasteiger partial charge in [-0.2, -0.15) is 8.42 Å². The maximum absolute atomic E-state index is 12.8. The number of hydrogen-bond donors (Lipinski definition) is 2. The van der Waals surface area contributed by atoms with E-state index in [0.29, 0.717) is 37.9 Å². The van der Waals surface area contributed by atoms with Gasteiger partial charge in [-0.05, 0) is 6.42 Å². The average molecular weight is 409 g/mol. The molecule has 13 heteroatoms. The van der Waals surface area contributed by atoms with Crippen LogP contribution in [-0.4, -0.2) is 66.0 Å². The van der Waals surface area contributed by atoms with Gasteiger partial charge in [0.15, 0.2) is 0 Å². The van der Waals surface area contributed by atoms with Gasteiger partial charge in [0.2, 0.25) is 0 Å². The summed E-state index contributed by atoms with van der Waals surface area (Å²) in [5.74, 6) is 0.467. The van der Waals surface area contributed by atoms with Crippen molar-refractivity contribution in [2.75, 3.05) is 43.0 Å². The minimum absolute atomic E-state index is 0. The molecule has 7 nitrogen and oxygen atoms in total. The molecular formula is C9H20Cl2LiN2O5PS2. The Kier molecular flexibility index (Phi) is 12.0. The Morgan fingerprint density at radius 2 is 2.00 bits per heavy atom. The minimum Gasteiger partial charge on any atom is -1.00 e. The van der Waals surface area contributed by atoms with Gasteiger partial charge in [-0.1, -0.05) is 0 Å². The Balaban J connectivity index is 0. The second kappa shape index (κ2) is 11.2. The number of hydrogen-bond acceptors (Lipinski definition) is 5. The van der Waals surface area contributed by atoms with Gasteiger partial charge in [0.05, 0.1) is 17.7 Å². The third-order valence-corrected chi connectivity index (χ3v) is 7.67. The first-order chi connectivity index (χ1) is 9.80. The molecule has 0 radical (unpaired) electrons. The van der Waals surface area contributed by atoms with Crippen molar-refractivity contribution < 1.29 is 42.3 Å². The zero-order valence-corrected chi connectivity index (χ0v) is 16.3. The molecule has 1 aliphatic rings. The normalized spacial score (nSPS) is 25.9. The van der Waals surface area contributed by atoms with Gasteiger partial charge in [0, 0.05) is 30.6 Å². The van der Waals surface area contributed by atoms with Crippen molar-refractivity contribution in [3.8, 4) is 0 Å². The summed E-state index contributed by atoms with van der Waals surface area (Å²) < 4.78 is 49.8. The zero-order chi connectivity index (χ0) is 15.9. The van der Waals surface area contributed by atoms with E-state index in [4.69, 9.17) is 32.3 Å². The number of rotatable bonds is 9. The van der Waals surface area contributed by atoms with Crippen LogP contribution in [0.25, 0.3) is 0 Å². The molecule has 0 aromatic heterocycles. The van der Waals surface area contributed by atoms with Crippen molar-refractivity contribution >= 4 is 52.8 Å². The first kappa shape index (κ1) is 23.5. The van der Waals surface area contributed by atoms with E-state index in [1.54, 1.807) is 4.67 Å². The van der Waals surface area contributed by atoms with Gasteiger partial charge in [-0.25, -0.2) is 9.76 Å². The van der Waals surface area contributed by atoms with E-state index in [0.717, 1.165) is 0 Å². The maximum Gasteiger partial charge on any atom is 1.00 e. The summed E-state index contributed by atoms with van der Waals surface area (Å²) >= 11 is 12.7. The van der Waals surface area contributed by atoms with Crippen molar-refractivity contribution in [2.24, 2.45) is 0 Å². The molecule has 2 unspecified atom stereocenters. The summed E-state index contributed by atoms with van der Waals surface area (Å²) in [6.07, 6.45) is 0.593. The summed E-state index contributed by atoms with van der Waals surface area (Å²) in [4.78, 5) is 0. The third kappa shape index (κ3) is 8.59. The smallest absolute Gasteiger partial charge is 1.00 e. The molecule has 0 saturated carbocycles. The minimum atomic E-state index is -3.98. The second-order valence-electron chi connectivity index (χ2n) is 4.25. The molecule has 2 N–H and O–H groups in total. The molecule has 0 spiro atoms. The van der Waals surface area contributed by atoms with E-state index in [1.807, 2.05) is 0 Å². The fraction of sp³-hybridized carbons (Fsp3) is 1.00. The van der Waals surface area contributed by atoms with Crippen molar-refractivity contribution in [1.82, 2.24) is 9.76 Å². The fourth-order valence-corrected chi connectivity index (χ4v) is 6.81. The molecule has 0 aromatic carbocycles. The molecule has 128 valence electrons. The van der Waals surface area contributed by atoms with E-state index >= 15 is 0 Å². The monoisotopic (exact) mass is 408 g/mol. The number of thioether (sulfide) groups is 1. The van der Waals surface area contributed by atoms with Crippen LogP contribution in [0, 0.1) is 0 Å². The Labute approximate surface area is 159 Å². The van der Waals surface area contributed by atoms with Crippen LogP contribution < -0.4 is 23.9 Å². The summed E-state index contributed by atoms with van der Waals surface area (Å²) in [5.41, 5.74) is 0. The molecule has 22 heavy (non-hydrogen) atoms. The quantitative estimate of drug-likeness (QED) is 0.216. The number of nitrogens with one attached hydrogen (secondary N) is 1. The van der Waals surface area contributed by atoms with E-state index < -0.39 is 17.8 Å². The molecular weight excluding hydrogens is 389 g/mol. The van der Waals surface area contributed by atoms with Crippen LogP contribution in [-0.2, 0) is 19.2 Å². The SMILES string of the molecule is O=P1(N(CCCl)CCCl)NC(SCCS(=O)(=O)O)CCO1.[H-].[Li+]. The van der Waals surface area contributed by atoms with Crippen LogP contribution in [0.4, 0.5) is 0 Å². The van der Waals surface area contributed by atoms with Crippen LogP contribution in [0.2, 0.25) is 0 Å². The number of alkyl halides is 2. The average Bonchev–Trinajstić information content (AvgIpc) is 2.37. The standard InChI is InChI=1S/C9H19Cl2N2O5PS2.Li.H/c10-2-4-13(5-3-11)19(14)12-9(1-6-18-19)20-7-8-21(15,16)17;;/h9H,1-8H2,(H,12,14)(H,15,16,17);;/q;+1;-1. The second-order valence-corrected chi connectivity index (χ2v) is 10.0. The van der Waals surface area contributed by atoms with E-state index in [2.05, 4.69) is 5.09 Å². The van der Waals surface area contributed by atoms with Gasteiger partial charge in [0.1, 0.15) is 0 Å². The van der Waals surface area contributed by atoms with Crippen LogP contribution in [0.1, 0.15) is 7.85 Å². The molecule has 1 rings (SSSR count). The number of halogens is 2. The zero-order valence-electron chi connectivity index (χ0n) is 13.3. The van der Waals surface area contributed by atoms with Crippen LogP contribution in [0.3, 0.4) is 0 Å². The van der Waals surface area contributed by atoms with Gasteiger partial charge >= 0.3 is 26.5 Å². The van der Waals surface area contributed by atoms with Crippen LogP contribution in [0.15, 0.2) is 0 Å². The topological polar surface area (TPSA) is 95.9 Å². The predicted octanol–water partition coefficient (Wildman–Crippen LogP) is -1.05. The van der Waals surface area contributed by atoms with Crippen LogP contribution >= 0.6 is 42.6 Å². The summed E-state index contributed by atoms with van der Waals surface area (Å²) in [6.45, 7) is 1.05. The molecule has 0 aromatic rings. The summed E-state index contributed by atoms with van der Waals surface area (Å²) in [5, 5.41) is 2.71. The van der Waals surface area contributed by atoms with E-state index in [9.17, 15) is 13.0 Å².